The van der Waals surface area contributed by atoms with E-state index in [0.29, 0.717) is 34.6 Å². The third-order valence-electron chi connectivity index (χ3n) is 7.18. The Bertz CT molecular complexity index is 1260. The highest BCUT2D eigenvalue weighted by molar-refractivity contribution is 6.05. The zero-order valence-electron chi connectivity index (χ0n) is 21.1. The first kappa shape index (κ1) is 23.9. The van der Waals surface area contributed by atoms with Crippen molar-refractivity contribution in [2.75, 3.05) is 30.8 Å². The number of aryl methyl sites for hydroxylation is 1. The summed E-state index contributed by atoms with van der Waals surface area (Å²) in [7, 11) is 1.67. The minimum atomic E-state index is -0.254. The molecule has 186 valence electrons. The van der Waals surface area contributed by atoms with Crippen LogP contribution in [0.25, 0.3) is 0 Å². The molecule has 7 nitrogen and oxygen atoms in total. The van der Waals surface area contributed by atoms with Gasteiger partial charge >= 0.3 is 0 Å². The molecule has 2 aliphatic rings. The zero-order chi connectivity index (χ0) is 25.4. The Morgan fingerprint density at radius 3 is 2.31 bits per heavy atom. The van der Waals surface area contributed by atoms with E-state index in [4.69, 9.17) is 4.74 Å². The highest BCUT2D eigenvalue weighted by atomic mass is 16.5. The molecule has 2 heterocycles. The number of pyridine rings is 1. The van der Waals surface area contributed by atoms with Crippen molar-refractivity contribution in [3.05, 3.63) is 83.0 Å². The molecule has 2 aromatic carbocycles. The molecule has 7 heteroatoms. The molecule has 1 aliphatic heterocycles. The monoisotopic (exact) mass is 484 g/mol. The van der Waals surface area contributed by atoms with Gasteiger partial charge in [0, 0.05) is 36.6 Å². The molecular weight excluding hydrogens is 452 g/mol. The van der Waals surface area contributed by atoms with Crippen molar-refractivity contribution in [2.24, 2.45) is 11.8 Å². The maximum atomic E-state index is 13.3. The van der Waals surface area contributed by atoms with Crippen LogP contribution in [0.4, 0.5) is 11.5 Å². The predicted molar refractivity (Wildman–Crippen MR) is 141 cm³/mol. The molecule has 2 fully saturated rings. The van der Waals surface area contributed by atoms with Gasteiger partial charge in [-0.25, -0.2) is 4.98 Å². The molecule has 2 amide bonds. The van der Waals surface area contributed by atoms with Gasteiger partial charge in [-0.3, -0.25) is 9.59 Å². The normalized spacial score (nSPS) is 20.1. The van der Waals surface area contributed by atoms with Gasteiger partial charge in [-0.05, 0) is 86.1 Å². The highest BCUT2D eigenvalue weighted by Crippen LogP contribution is 2.58. The molecule has 0 bridgehead atoms. The van der Waals surface area contributed by atoms with Gasteiger partial charge in [0.05, 0.1) is 12.7 Å². The Hall–Kier alpha value is -3.87. The van der Waals surface area contributed by atoms with Crippen molar-refractivity contribution in [3.8, 4) is 5.75 Å². The van der Waals surface area contributed by atoms with Crippen molar-refractivity contribution < 1.29 is 14.3 Å². The fourth-order valence-electron chi connectivity index (χ4n) is 5.19. The first-order chi connectivity index (χ1) is 17.3. The van der Waals surface area contributed by atoms with Crippen LogP contribution in [-0.2, 0) is 0 Å². The third kappa shape index (κ3) is 4.78. The summed E-state index contributed by atoms with van der Waals surface area (Å²) in [6.45, 7) is 7.51. The lowest BCUT2D eigenvalue weighted by molar-refractivity contribution is 0.0772. The number of fused-ring (bicyclic) bond motifs is 1. The lowest BCUT2D eigenvalue weighted by Crippen LogP contribution is -2.31. The fourth-order valence-corrected chi connectivity index (χ4v) is 5.19. The number of anilines is 2. The van der Waals surface area contributed by atoms with Gasteiger partial charge in [-0.2, -0.15) is 0 Å². The van der Waals surface area contributed by atoms with Gasteiger partial charge in [0.1, 0.15) is 11.6 Å². The van der Waals surface area contributed by atoms with E-state index >= 15 is 0 Å². The second-order valence-electron chi connectivity index (χ2n) is 10.1. The van der Waals surface area contributed by atoms with Crippen molar-refractivity contribution in [2.45, 2.75) is 32.7 Å². The first-order valence-electron chi connectivity index (χ1n) is 12.4. The molecule has 5 rings (SSSR count). The minimum absolute atomic E-state index is 0.0111. The quantitative estimate of drug-likeness (QED) is 0.495. The van der Waals surface area contributed by atoms with E-state index in [1.54, 1.807) is 31.5 Å². The molecular formula is C29H32N4O3. The molecule has 0 radical (unpaired) electrons. The second kappa shape index (κ2) is 9.64. The van der Waals surface area contributed by atoms with E-state index < -0.39 is 0 Å². The Morgan fingerprint density at radius 1 is 1.00 bits per heavy atom. The average molecular weight is 485 g/mol. The Morgan fingerprint density at radius 2 is 1.69 bits per heavy atom. The SMILES string of the molecule is COc1ccc([C@@H]2C3CN(C(=O)c4ccc(C)c(NC(=O)c5ccc(NC(C)C)nc5)c4)C[C@H]32)cc1. The van der Waals surface area contributed by atoms with Crippen molar-refractivity contribution in [1.29, 1.82) is 0 Å². The molecule has 2 N–H and O–H groups in total. The summed E-state index contributed by atoms with van der Waals surface area (Å²) in [6.07, 6.45) is 1.56. The number of carbonyl (C=O) groups is 2. The van der Waals surface area contributed by atoms with Crippen LogP contribution in [-0.4, -0.2) is 47.9 Å². The number of rotatable bonds is 7. The number of piperidine rings is 1. The smallest absolute Gasteiger partial charge is 0.257 e. The topological polar surface area (TPSA) is 83.6 Å². The largest absolute Gasteiger partial charge is 0.497 e. The van der Waals surface area contributed by atoms with Crippen LogP contribution in [0.15, 0.2) is 60.8 Å². The molecule has 3 aromatic rings. The van der Waals surface area contributed by atoms with Gasteiger partial charge in [-0.1, -0.05) is 18.2 Å². The summed E-state index contributed by atoms with van der Waals surface area (Å²) in [6, 6.07) is 17.6. The van der Waals surface area contributed by atoms with E-state index in [-0.39, 0.29) is 17.9 Å². The van der Waals surface area contributed by atoms with Gasteiger partial charge < -0.3 is 20.3 Å². The number of nitrogens with one attached hydrogen (secondary N) is 2. The van der Waals surface area contributed by atoms with E-state index in [1.807, 2.05) is 49.9 Å². The van der Waals surface area contributed by atoms with Crippen molar-refractivity contribution >= 4 is 23.3 Å². The van der Waals surface area contributed by atoms with E-state index in [9.17, 15) is 9.59 Å². The molecule has 0 spiro atoms. The number of hydrogen-bond donors (Lipinski definition) is 2. The molecule has 1 aliphatic carbocycles. The number of ether oxygens (including phenoxy) is 1. The van der Waals surface area contributed by atoms with Gasteiger partial charge in [0.25, 0.3) is 11.8 Å². The van der Waals surface area contributed by atoms with Crippen LogP contribution >= 0.6 is 0 Å². The number of likely N-dealkylation sites (tertiary alicyclic amines) is 1. The zero-order valence-corrected chi connectivity index (χ0v) is 21.1. The van der Waals surface area contributed by atoms with E-state index in [2.05, 4.69) is 27.8 Å². The number of benzene rings is 2. The van der Waals surface area contributed by atoms with Crippen molar-refractivity contribution in [3.63, 3.8) is 0 Å². The van der Waals surface area contributed by atoms with Gasteiger partial charge in [-0.15, -0.1) is 0 Å². The van der Waals surface area contributed by atoms with Crippen LogP contribution in [0.2, 0.25) is 0 Å². The summed E-state index contributed by atoms with van der Waals surface area (Å²) in [5, 5.41) is 6.16. The van der Waals surface area contributed by atoms with E-state index in [0.717, 1.165) is 30.2 Å². The molecule has 3 atom stereocenters. The number of hydrogen-bond acceptors (Lipinski definition) is 5. The maximum absolute atomic E-state index is 13.3. The third-order valence-corrected chi connectivity index (χ3v) is 7.18. The molecule has 1 saturated heterocycles. The van der Waals surface area contributed by atoms with Crippen molar-refractivity contribution in [1.82, 2.24) is 9.88 Å². The summed E-state index contributed by atoms with van der Waals surface area (Å²) in [4.78, 5) is 32.3. The highest BCUT2D eigenvalue weighted by Gasteiger charge is 2.57. The van der Waals surface area contributed by atoms with Crippen LogP contribution in [0.5, 0.6) is 5.75 Å². The molecule has 1 saturated carbocycles. The lowest BCUT2D eigenvalue weighted by atomic mass is 10.1. The number of methoxy groups -OCH3 is 1. The Kier molecular flexibility index (Phi) is 6.39. The molecule has 36 heavy (non-hydrogen) atoms. The van der Waals surface area contributed by atoms with Crippen LogP contribution in [0, 0.1) is 18.8 Å². The minimum Gasteiger partial charge on any atom is -0.497 e. The molecule has 1 aromatic heterocycles. The average Bonchev–Trinajstić information content (AvgIpc) is 3.37. The summed E-state index contributed by atoms with van der Waals surface area (Å²) >= 11 is 0. The number of carbonyl (C=O) groups excluding carboxylic acids is 2. The Balaban J connectivity index is 1.22. The maximum Gasteiger partial charge on any atom is 0.257 e. The summed E-state index contributed by atoms with van der Waals surface area (Å²) in [5.74, 6) is 2.88. The number of aromatic nitrogens is 1. The lowest BCUT2D eigenvalue weighted by Gasteiger charge is -2.21. The molecule has 1 unspecified atom stereocenters. The fraction of sp³-hybridized carbons (Fsp3) is 0.345. The summed E-state index contributed by atoms with van der Waals surface area (Å²) < 4.78 is 5.26. The first-order valence-corrected chi connectivity index (χ1v) is 12.4. The van der Waals surface area contributed by atoms with Crippen LogP contribution < -0.4 is 15.4 Å². The summed E-state index contributed by atoms with van der Waals surface area (Å²) in [5.41, 5.74) is 3.91. The van der Waals surface area contributed by atoms with E-state index in [1.165, 1.54) is 5.56 Å². The van der Waals surface area contributed by atoms with Gasteiger partial charge in [0.2, 0.25) is 0 Å². The number of amides is 2. The Labute approximate surface area is 211 Å². The predicted octanol–water partition coefficient (Wildman–Crippen LogP) is 4.96. The number of nitrogens with zero attached hydrogens (tertiary/aromatic N) is 2. The van der Waals surface area contributed by atoms with Crippen LogP contribution in [0.1, 0.15) is 51.6 Å². The second-order valence-corrected chi connectivity index (χ2v) is 10.1. The standard InChI is InChI=1S/C29H32N4O3/c1-17(2)31-26-12-9-21(14-30-26)28(34)32-25-13-20(6-5-18(25)3)29(35)33-15-23-24(16-33)27(23)19-7-10-22(36-4)11-8-19/h5-14,17,23-24,27H,15-16H2,1-4H3,(H,30,31)(H,32,34)/t23-,24?,27+/m1/s1. The van der Waals surface area contributed by atoms with Gasteiger partial charge in [0.15, 0.2) is 0 Å². The van der Waals surface area contributed by atoms with Crippen LogP contribution in [0.3, 0.4) is 0 Å².